The Hall–Kier alpha value is -2.25. The maximum Gasteiger partial charge on any atom is 0.259 e. The number of benzene rings is 1. The molecule has 0 saturated carbocycles. The standard InChI is InChI=1S/C20H24FN3O2S/c1-3-23(17-9-7-15(21)8-10-17)13-16-12-19(26)24-18(6-4-5-11-25)14(2)27-20(24)22-16/h7-10,12,25H,3-6,11,13H2,1-2H3. The average Bonchev–Trinajstić information content (AvgIpc) is 2.96. The van der Waals surface area contributed by atoms with E-state index >= 15 is 0 Å². The van der Waals surface area contributed by atoms with Crippen molar-refractivity contribution in [1.82, 2.24) is 9.38 Å². The molecule has 3 aromatic rings. The number of hydrogen-bond acceptors (Lipinski definition) is 5. The van der Waals surface area contributed by atoms with Gasteiger partial charge in [-0.3, -0.25) is 9.20 Å². The summed E-state index contributed by atoms with van der Waals surface area (Å²) in [5.74, 6) is -0.268. The van der Waals surface area contributed by atoms with E-state index in [1.807, 2.05) is 13.8 Å². The molecule has 0 atom stereocenters. The molecule has 7 heteroatoms. The molecule has 0 amide bonds. The van der Waals surface area contributed by atoms with Crippen LogP contribution in [0.15, 0.2) is 35.1 Å². The summed E-state index contributed by atoms with van der Waals surface area (Å²) in [7, 11) is 0. The number of thiazole rings is 1. The van der Waals surface area contributed by atoms with E-state index in [1.165, 1.54) is 23.5 Å². The van der Waals surface area contributed by atoms with Crippen molar-refractivity contribution in [3.63, 3.8) is 0 Å². The predicted octanol–water partition coefficient (Wildman–Crippen LogP) is 3.55. The summed E-state index contributed by atoms with van der Waals surface area (Å²) in [6.45, 7) is 5.40. The first-order valence-electron chi connectivity index (χ1n) is 9.15. The van der Waals surface area contributed by atoms with Gasteiger partial charge < -0.3 is 10.0 Å². The highest BCUT2D eigenvalue weighted by Crippen LogP contribution is 2.22. The summed E-state index contributed by atoms with van der Waals surface area (Å²) >= 11 is 1.52. The SMILES string of the molecule is CCN(Cc1cc(=O)n2c(CCCCO)c(C)sc2n1)c1ccc(F)cc1. The fourth-order valence-electron chi connectivity index (χ4n) is 3.18. The van der Waals surface area contributed by atoms with E-state index in [2.05, 4.69) is 4.90 Å². The molecule has 2 heterocycles. The minimum Gasteiger partial charge on any atom is -0.396 e. The van der Waals surface area contributed by atoms with Gasteiger partial charge in [0.2, 0.25) is 0 Å². The van der Waals surface area contributed by atoms with Crippen molar-refractivity contribution in [3.8, 4) is 0 Å². The van der Waals surface area contributed by atoms with Crippen LogP contribution in [0.1, 0.15) is 36.0 Å². The van der Waals surface area contributed by atoms with Gasteiger partial charge in [-0.2, -0.15) is 0 Å². The van der Waals surface area contributed by atoms with Gasteiger partial charge in [0.15, 0.2) is 4.96 Å². The zero-order valence-electron chi connectivity index (χ0n) is 15.6. The molecule has 144 valence electrons. The van der Waals surface area contributed by atoms with Crippen LogP contribution in [-0.4, -0.2) is 27.6 Å². The van der Waals surface area contributed by atoms with Gasteiger partial charge in [-0.15, -0.1) is 11.3 Å². The van der Waals surface area contributed by atoms with Gasteiger partial charge in [0.1, 0.15) is 5.82 Å². The highest BCUT2D eigenvalue weighted by molar-refractivity contribution is 7.17. The van der Waals surface area contributed by atoms with Gasteiger partial charge in [0.05, 0.1) is 12.2 Å². The molecule has 2 aromatic heterocycles. The molecular formula is C20H24FN3O2S. The zero-order chi connectivity index (χ0) is 19.4. The van der Waals surface area contributed by atoms with E-state index in [9.17, 15) is 9.18 Å². The normalized spacial score (nSPS) is 11.3. The predicted molar refractivity (Wildman–Crippen MR) is 107 cm³/mol. The number of unbranched alkanes of at least 4 members (excludes halogenated alkanes) is 1. The molecular weight excluding hydrogens is 365 g/mol. The first-order chi connectivity index (χ1) is 13.0. The lowest BCUT2D eigenvalue weighted by Gasteiger charge is -2.22. The van der Waals surface area contributed by atoms with Crippen LogP contribution in [0.5, 0.6) is 0 Å². The number of hydrogen-bond donors (Lipinski definition) is 1. The molecule has 0 unspecified atom stereocenters. The van der Waals surface area contributed by atoms with Gasteiger partial charge >= 0.3 is 0 Å². The summed E-state index contributed by atoms with van der Waals surface area (Å²) in [6.07, 6.45) is 2.32. The zero-order valence-corrected chi connectivity index (χ0v) is 16.4. The Bertz CT molecular complexity index is 966. The van der Waals surface area contributed by atoms with E-state index in [4.69, 9.17) is 10.1 Å². The Morgan fingerprint density at radius 1 is 1.26 bits per heavy atom. The molecule has 0 aliphatic heterocycles. The summed E-state index contributed by atoms with van der Waals surface area (Å²) in [5.41, 5.74) is 2.51. The summed E-state index contributed by atoms with van der Waals surface area (Å²) in [4.78, 5) is 21.3. The van der Waals surface area contributed by atoms with E-state index in [1.54, 1.807) is 22.6 Å². The third-order valence-electron chi connectivity index (χ3n) is 4.61. The summed E-state index contributed by atoms with van der Waals surface area (Å²) in [5, 5.41) is 8.98. The average molecular weight is 389 g/mol. The van der Waals surface area contributed by atoms with Crippen LogP contribution in [0.25, 0.3) is 4.96 Å². The number of aryl methyl sites for hydroxylation is 2. The van der Waals surface area contributed by atoms with E-state index in [0.29, 0.717) is 17.2 Å². The molecule has 1 aromatic carbocycles. The number of halogens is 1. The number of nitrogens with zero attached hydrogens (tertiary/aromatic N) is 3. The second-order valence-electron chi connectivity index (χ2n) is 6.48. The Balaban J connectivity index is 1.89. The third-order valence-corrected chi connectivity index (χ3v) is 5.61. The summed E-state index contributed by atoms with van der Waals surface area (Å²) < 4.78 is 14.9. The van der Waals surface area contributed by atoms with Crippen molar-refractivity contribution >= 4 is 22.0 Å². The maximum atomic E-state index is 13.2. The summed E-state index contributed by atoms with van der Waals surface area (Å²) in [6, 6.07) is 7.92. The molecule has 0 saturated heterocycles. The van der Waals surface area contributed by atoms with Crippen LogP contribution in [0.4, 0.5) is 10.1 Å². The van der Waals surface area contributed by atoms with Crippen LogP contribution in [0, 0.1) is 12.7 Å². The van der Waals surface area contributed by atoms with Crippen molar-refractivity contribution in [2.45, 2.75) is 39.7 Å². The van der Waals surface area contributed by atoms with Crippen molar-refractivity contribution < 1.29 is 9.50 Å². The highest BCUT2D eigenvalue weighted by atomic mass is 32.1. The van der Waals surface area contributed by atoms with Crippen LogP contribution in [-0.2, 0) is 13.0 Å². The minimum atomic E-state index is -0.268. The van der Waals surface area contributed by atoms with Gasteiger partial charge in [0.25, 0.3) is 5.56 Å². The van der Waals surface area contributed by atoms with E-state index < -0.39 is 0 Å². The molecule has 1 N–H and O–H groups in total. The molecule has 0 spiro atoms. The fourth-order valence-corrected chi connectivity index (χ4v) is 4.22. The van der Waals surface area contributed by atoms with Gasteiger partial charge in [-0.25, -0.2) is 9.37 Å². The number of rotatable bonds is 8. The first kappa shape index (κ1) is 19.5. The molecule has 5 nitrogen and oxygen atoms in total. The number of aromatic nitrogens is 2. The van der Waals surface area contributed by atoms with Crippen molar-refractivity contribution in [3.05, 3.63) is 62.8 Å². The lowest BCUT2D eigenvalue weighted by molar-refractivity contribution is 0.284. The minimum absolute atomic E-state index is 0.0755. The monoisotopic (exact) mass is 389 g/mol. The first-order valence-corrected chi connectivity index (χ1v) is 9.97. The van der Waals surface area contributed by atoms with Crippen LogP contribution < -0.4 is 10.5 Å². The lowest BCUT2D eigenvalue weighted by Crippen LogP contribution is -2.25. The van der Waals surface area contributed by atoms with Gasteiger partial charge in [0, 0.05) is 35.5 Å². The largest absolute Gasteiger partial charge is 0.396 e. The molecule has 0 bridgehead atoms. The molecule has 0 aliphatic carbocycles. The van der Waals surface area contributed by atoms with E-state index in [-0.39, 0.29) is 18.0 Å². The van der Waals surface area contributed by atoms with E-state index in [0.717, 1.165) is 42.1 Å². The Morgan fingerprint density at radius 3 is 2.67 bits per heavy atom. The smallest absolute Gasteiger partial charge is 0.259 e. The maximum absolute atomic E-state index is 13.2. The molecule has 3 rings (SSSR count). The van der Waals surface area contributed by atoms with Crippen molar-refractivity contribution in [2.75, 3.05) is 18.1 Å². The fraction of sp³-hybridized carbons (Fsp3) is 0.400. The Morgan fingerprint density at radius 2 is 2.00 bits per heavy atom. The molecule has 0 radical (unpaired) electrons. The van der Waals surface area contributed by atoms with Crippen LogP contribution in [0.3, 0.4) is 0 Å². The number of aliphatic hydroxyl groups is 1. The van der Waals surface area contributed by atoms with Crippen LogP contribution in [0.2, 0.25) is 0 Å². The second-order valence-corrected chi connectivity index (χ2v) is 7.66. The molecule has 0 fully saturated rings. The quantitative estimate of drug-likeness (QED) is 0.599. The van der Waals surface area contributed by atoms with Crippen molar-refractivity contribution in [2.24, 2.45) is 0 Å². The molecule has 0 aliphatic rings. The molecule has 27 heavy (non-hydrogen) atoms. The van der Waals surface area contributed by atoms with Crippen LogP contribution >= 0.6 is 11.3 Å². The third kappa shape index (κ3) is 4.36. The Labute approximate surface area is 161 Å². The van der Waals surface area contributed by atoms with Gasteiger partial charge in [-0.1, -0.05) is 0 Å². The number of fused-ring (bicyclic) bond motifs is 1. The Kier molecular flexibility index (Phi) is 6.23. The number of aliphatic hydroxyl groups excluding tert-OH is 1. The second kappa shape index (κ2) is 8.63. The highest BCUT2D eigenvalue weighted by Gasteiger charge is 2.14. The lowest BCUT2D eigenvalue weighted by atomic mass is 10.2. The van der Waals surface area contributed by atoms with Crippen molar-refractivity contribution in [1.29, 1.82) is 0 Å². The topological polar surface area (TPSA) is 57.8 Å². The number of anilines is 1. The van der Waals surface area contributed by atoms with Gasteiger partial charge in [-0.05, 0) is 57.4 Å².